The van der Waals surface area contributed by atoms with E-state index in [4.69, 9.17) is 5.73 Å². The number of piperidine rings is 1. The largest absolute Gasteiger partial charge is 0.478 e. The van der Waals surface area contributed by atoms with Crippen LogP contribution in [0.1, 0.15) is 28.9 Å². The quantitative estimate of drug-likeness (QED) is 0.852. The highest BCUT2D eigenvalue weighted by atomic mass is 16.4. The molecule has 0 aliphatic carbocycles. The van der Waals surface area contributed by atoms with Crippen molar-refractivity contribution in [3.63, 3.8) is 0 Å². The molecule has 0 amide bonds. The molecule has 1 unspecified atom stereocenters. The zero-order chi connectivity index (χ0) is 15.1. The number of hydrogen-bond donors (Lipinski definition) is 2. The first-order chi connectivity index (χ1) is 9.99. The third-order valence-corrected chi connectivity index (χ3v) is 4.00. The molecule has 7 heteroatoms. The Labute approximate surface area is 122 Å². The second-order valence-corrected chi connectivity index (χ2v) is 5.58. The summed E-state index contributed by atoms with van der Waals surface area (Å²) in [5, 5.41) is 14.7. The first kappa shape index (κ1) is 13.8. The minimum absolute atomic E-state index is 0.0700. The first-order valence-corrected chi connectivity index (χ1v) is 7.05. The third kappa shape index (κ3) is 2.23. The van der Waals surface area contributed by atoms with Crippen molar-refractivity contribution in [1.29, 1.82) is 0 Å². The molecule has 1 atom stereocenters. The molecule has 0 radical (unpaired) electrons. The van der Waals surface area contributed by atoms with Gasteiger partial charge in [0.05, 0.1) is 16.8 Å². The highest BCUT2D eigenvalue weighted by Gasteiger charge is 2.26. The van der Waals surface area contributed by atoms with E-state index in [-0.39, 0.29) is 11.6 Å². The fraction of sp³-hybridized carbons (Fsp3) is 0.500. The molecule has 112 valence electrons. The molecule has 1 aliphatic heterocycles. The molecule has 3 N–H and O–H groups in total. The van der Waals surface area contributed by atoms with Crippen LogP contribution < -0.4 is 10.6 Å². The van der Waals surface area contributed by atoms with Crippen LogP contribution in [-0.2, 0) is 7.05 Å². The summed E-state index contributed by atoms with van der Waals surface area (Å²) in [4.78, 5) is 17.9. The first-order valence-electron chi connectivity index (χ1n) is 7.05. The van der Waals surface area contributed by atoms with Crippen molar-refractivity contribution in [3.05, 3.63) is 17.5 Å². The number of nitrogens with two attached hydrogens (primary N) is 1. The minimum Gasteiger partial charge on any atom is -0.478 e. The standard InChI is InChI=1S/C14H19N5O2/c1-8-11-12(19-5-3-4-9(15)7-19)10(14(20)21)6-16-13(11)18(2)17-8/h6,9H,3-5,7,15H2,1-2H3,(H,20,21). The fourth-order valence-corrected chi connectivity index (χ4v) is 3.09. The summed E-state index contributed by atoms with van der Waals surface area (Å²) in [5.74, 6) is -0.971. The SMILES string of the molecule is Cc1nn(C)c2ncc(C(=O)O)c(N3CCCC(N)C3)c12. The van der Waals surface area contributed by atoms with E-state index in [0.717, 1.165) is 30.5 Å². The number of anilines is 1. The number of hydrogen-bond acceptors (Lipinski definition) is 5. The molecule has 7 nitrogen and oxygen atoms in total. The smallest absolute Gasteiger partial charge is 0.339 e. The van der Waals surface area contributed by atoms with Gasteiger partial charge in [0.25, 0.3) is 0 Å². The monoisotopic (exact) mass is 289 g/mol. The Balaban J connectivity index is 2.25. The lowest BCUT2D eigenvalue weighted by Gasteiger charge is -2.33. The number of aromatic nitrogens is 3. The van der Waals surface area contributed by atoms with E-state index in [1.165, 1.54) is 6.20 Å². The lowest BCUT2D eigenvalue weighted by molar-refractivity contribution is 0.0697. The van der Waals surface area contributed by atoms with Gasteiger partial charge in [-0.15, -0.1) is 0 Å². The predicted octanol–water partition coefficient (Wildman–Crippen LogP) is 0.902. The van der Waals surface area contributed by atoms with E-state index in [9.17, 15) is 9.90 Å². The number of carboxylic acids is 1. The number of nitrogens with zero attached hydrogens (tertiary/aromatic N) is 4. The molecule has 0 aromatic carbocycles. The average Bonchev–Trinajstić information content (AvgIpc) is 2.73. The number of fused-ring (bicyclic) bond motifs is 1. The van der Waals surface area contributed by atoms with Gasteiger partial charge in [0, 0.05) is 32.4 Å². The van der Waals surface area contributed by atoms with Gasteiger partial charge >= 0.3 is 5.97 Å². The zero-order valence-electron chi connectivity index (χ0n) is 12.2. The normalized spacial score (nSPS) is 19.2. The summed E-state index contributed by atoms with van der Waals surface area (Å²) in [6, 6.07) is 0.0700. The predicted molar refractivity (Wildman–Crippen MR) is 79.6 cm³/mol. The maximum atomic E-state index is 11.6. The second kappa shape index (κ2) is 5.00. The van der Waals surface area contributed by atoms with Crippen molar-refractivity contribution in [3.8, 4) is 0 Å². The number of carboxylic acid groups (broad SMARTS) is 1. The van der Waals surface area contributed by atoms with Crippen LogP contribution in [0, 0.1) is 6.92 Å². The second-order valence-electron chi connectivity index (χ2n) is 5.58. The fourth-order valence-electron chi connectivity index (χ4n) is 3.09. The van der Waals surface area contributed by atoms with Gasteiger partial charge in [-0.3, -0.25) is 4.68 Å². The number of carbonyl (C=O) groups is 1. The van der Waals surface area contributed by atoms with Gasteiger partial charge in [-0.2, -0.15) is 5.10 Å². The van der Waals surface area contributed by atoms with E-state index in [2.05, 4.69) is 15.0 Å². The molecule has 0 bridgehead atoms. The van der Waals surface area contributed by atoms with Crippen molar-refractivity contribution >= 4 is 22.7 Å². The molecule has 2 aromatic rings. The Hall–Kier alpha value is -2.15. The number of pyridine rings is 1. The Bertz CT molecular complexity index is 709. The molecule has 3 heterocycles. The topological polar surface area (TPSA) is 97.3 Å². The van der Waals surface area contributed by atoms with Gasteiger partial charge in [0.15, 0.2) is 5.65 Å². The maximum Gasteiger partial charge on any atom is 0.339 e. The molecule has 2 aromatic heterocycles. The summed E-state index contributed by atoms with van der Waals surface area (Å²) in [5.41, 5.74) is 8.46. The molecule has 0 spiro atoms. The summed E-state index contributed by atoms with van der Waals surface area (Å²) in [6.07, 6.45) is 3.35. The van der Waals surface area contributed by atoms with Crippen LogP contribution in [-0.4, -0.2) is 45.0 Å². The highest BCUT2D eigenvalue weighted by Crippen LogP contribution is 2.33. The molecule has 0 saturated carbocycles. The van der Waals surface area contributed by atoms with Crippen LogP contribution in [0.4, 0.5) is 5.69 Å². The van der Waals surface area contributed by atoms with Crippen molar-refractivity contribution in [2.24, 2.45) is 12.8 Å². The molecule has 21 heavy (non-hydrogen) atoms. The van der Waals surface area contributed by atoms with Crippen LogP contribution in [0.15, 0.2) is 6.20 Å². The average molecular weight is 289 g/mol. The van der Waals surface area contributed by atoms with Crippen molar-refractivity contribution in [2.75, 3.05) is 18.0 Å². The van der Waals surface area contributed by atoms with Gasteiger partial charge in [-0.25, -0.2) is 9.78 Å². The molecule has 1 saturated heterocycles. The maximum absolute atomic E-state index is 11.6. The van der Waals surface area contributed by atoms with Gasteiger partial charge in [-0.05, 0) is 19.8 Å². The minimum atomic E-state index is -0.971. The van der Waals surface area contributed by atoms with E-state index < -0.39 is 5.97 Å². The summed E-state index contributed by atoms with van der Waals surface area (Å²) >= 11 is 0. The summed E-state index contributed by atoms with van der Waals surface area (Å²) in [6.45, 7) is 3.35. The highest BCUT2D eigenvalue weighted by molar-refractivity contribution is 6.04. The van der Waals surface area contributed by atoms with Crippen LogP contribution in [0.2, 0.25) is 0 Å². The number of aryl methyl sites for hydroxylation is 2. The van der Waals surface area contributed by atoms with E-state index in [1.54, 1.807) is 4.68 Å². The summed E-state index contributed by atoms with van der Waals surface area (Å²) in [7, 11) is 1.81. The van der Waals surface area contributed by atoms with Crippen molar-refractivity contribution < 1.29 is 9.90 Å². The molecule has 3 rings (SSSR count). The van der Waals surface area contributed by atoms with E-state index in [1.807, 2.05) is 14.0 Å². The van der Waals surface area contributed by atoms with Crippen molar-refractivity contribution in [2.45, 2.75) is 25.8 Å². The lowest BCUT2D eigenvalue weighted by Crippen LogP contribution is -2.43. The third-order valence-electron chi connectivity index (χ3n) is 4.00. The van der Waals surface area contributed by atoms with E-state index >= 15 is 0 Å². The molecule has 1 aliphatic rings. The molecular weight excluding hydrogens is 270 g/mol. The Morgan fingerprint density at radius 1 is 1.52 bits per heavy atom. The molecule has 1 fully saturated rings. The van der Waals surface area contributed by atoms with E-state index in [0.29, 0.717) is 17.9 Å². The van der Waals surface area contributed by atoms with Gasteiger partial charge in [0.2, 0.25) is 0 Å². The van der Waals surface area contributed by atoms with Crippen LogP contribution in [0.25, 0.3) is 11.0 Å². The Morgan fingerprint density at radius 2 is 2.29 bits per heavy atom. The van der Waals surface area contributed by atoms with Crippen LogP contribution in [0.3, 0.4) is 0 Å². The number of rotatable bonds is 2. The van der Waals surface area contributed by atoms with Crippen LogP contribution in [0.5, 0.6) is 0 Å². The zero-order valence-corrected chi connectivity index (χ0v) is 12.2. The lowest BCUT2D eigenvalue weighted by atomic mass is 10.0. The Morgan fingerprint density at radius 3 is 2.95 bits per heavy atom. The van der Waals surface area contributed by atoms with Gasteiger partial charge in [0.1, 0.15) is 5.56 Å². The van der Waals surface area contributed by atoms with Crippen molar-refractivity contribution in [1.82, 2.24) is 14.8 Å². The summed E-state index contributed by atoms with van der Waals surface area (Å²) < 4.78 is 1.68. The van der Waals surface area contributed by atoms with Gasteiger partial charge < -0.3 is 15.7 Å². The van der Waals surface area contributed by atoms with Crippen LogP contribution >= 0.6 is 0 Å². The Kier molecular flexibility index (Phi) is 3.29. The number of aromatic carboxylic acids is 1. The molecular formula is C14H19N5O2. The van der Waals surface area contributed by atoms with Gasteiger partial charge in [-0.1, -0.05) is 0 Å².